The molecule has 4 aromatic rings. The molecule has 1 aliphatic heterocycles. The van der Waals surface area contributed by atoms with Gasteiger partial charge in [-0.2, -0.15) is 0 Å². The van der Waals surface area contributed by atoms with Crippen LogP contribution in [-0.2, 0) is 11.3 Å². The minimum Gasteiger partial charge on any atom is -0.352 e. The van der Waals surface area contributed by atoms with E-state index in [1.807, 2.05) is 52.7 Å². The third-order valence-corrected chi connectivity index (χ3v) is 6.77. The van der Waals surface area contributed by atoms with Gasteiger partial charge in [0.25, 0.3) is 5.56 Å². The molecule has 5 rings (SSSR count). The molecular formula is C24H23N5O2S. The van der Waals surface area contributed by atoms with Crippen molar-refractivity contribution in [3.05, 3.63) is 76.2 Å². The second-order valence-electron chi connectivity index (χ2n) is 7.94. The lowest BCUT2D eigenvalue weighted by Gasteiger charge is -2.32. The van der Waals surface area contributed by atoms with Crippen LogP contribution in [0, 0.1) is 5.92 Å². The third kappa shape index (κ3) is 4.13. The Morgan fingerprint density at radius 3 is 2.81 bits per heavy atom. The number of carbonyl (C=O) groups excluding carboxylic acids is 1. The summed E-state index contributed by atoms with van der Waals surface area (Å²) < 4.78 is 0.622. The number of carbonyl (C=O) groups is 1. The third-order valence-electron chi connectivity index (χ3n) is 5.81. The van der Waals surface area contributed by atoms with Gasteiger partial charge in [-0.1, -0.05) is 30.3 Å². The molecule has 2 N–H and O–H groups in total. The highest BCUT2D eigenvalue weighted by Crippen LogP contribution is 2.32. The van der Waals surface area contributed by atoms with Crippen LogP contribution in [-0.4, -0.2) is 33.9 Å². The Balaban J connectivity index is 1.36. The van der Waals surface area contributed by atoms with Gasteiger partial charge in [-0.15, -0.1) is 11.3 Å². The molecule has 1 unspecified atom stereocenters. The zero-order valence-corrected chi connectivity index (χ0v) is 18.3. The molecule has 32 heavy (non-hydrogen) atoms. The van der Waals surface area contributed by atoms with E-state index in [0.29, 0.717) is 29.3 Å². The highest BCUT2D eigenvalue weighted by molar-refractivity contribution is 7.17. The van der Waals surface area contributed by atoms with Gasteiger partial charge in [-0.05, 0) is 36.1 Å². The summed E-state index contributed by atoms with van der Waals surface area (Å²) in [6, 6.07) is 13.8. The first-order valence-electron chi connectivity index (χ1n) is 10.7. The molecule has 1 saturated heterocycles. The fourth-order valence-electron chi connectivity index (χ4n) is 4.11. The summed E-state index contributed by atoms with van der Waals surface area (Å²) >= 11 is 1.41. The maximum Gasteiger partial charge on any atom is 0.270 e. The van der Waals surface area contributed by atoms with Crippen molar-refractivity contribution in [1.82, 2.24) is 20.3 Å². The van der Waals surface area contributed by atoms with Crippen LogP contribution in [0.5, 0.6) is 0 Å². The Hall–Kier alpha value is -3.52. The molecule has 3 aromatic heterocycles. The Bertz CT molecular complexity index is 1290. The van der Waals surface area contributed by atoms with Gasteiger partial charge < -0.3 is 10.2 Å². The average Bonchev–Trinajstić information content (AvgIpc) is 3.28. The van der Waals surface area contributed by atoms with Crippen molar-refractivity contribution >= 4 is 33.4 Å². The number of rotatable bonds is 5. The Morgan fingerprint density at radius 1 is 1.19 bits per heavy atom. The molecule has 1 fully saturated rings. The van der Waals surface area contributed by atoms with Gasteiger partial charge >= 0.3 is 0 Å². The first-order valence-corrected chi connectivity index (χ1v) is 11.6. The Kier molecular flexibility index (Phi) is 5.68. The molecule has 4 heterocycles. The van der Waals surface area contributed by atoms with E-state index in [1.54, 1.807) is 12.4 Å². The van der Waals surface area contributed by atoms with E-state index in [4.69, 9.17) is 4.98 Å². The van der Waals surface area contributed by atoms with E-state index < -0.39 is 0 Å². The van der Waals surface area contributed by atoms with Gasteiger partial charge in [0.15, 0.2) is 0 Å². The zero-order valence-electron chi connectivity index (χ0n) is 17.5. The van der Waals surface area contributed by atoms with Crippen LogP contribution in [0.2, 0.25) is 0 Å². The van der Waals surface area contributed by atoms with Crippen LogP contribution >= 0.6 is 11.3 Å². The minimum absolute atomic E-state index is 0.0236. The smallest absolute Gasteiger partial charge is 0.270 e. The normalized spacial score (nSPS) is 16.2. The van der Waals surface area contributed by atoms with E-state index in [-0.39, 0.29) is 17.4 Å². The lowest BCUT2D eigenvalue weighted by Crippen LogP contribution is -2.44. The van der Waals surface area contributed by atoms with E-state index in [1.165, 1.54) is 11.3 Å². The Labute approximate surface area is 189 Å². The van der Waals surface area contributed by atoms with Gasteiger partial charge in [-0.3, -0.25) is 19.6 Å². The summed E-state index contributed by atoms with van der Waals surface area (Å²) in [6.07, 6.45) is 5.12. The van der Waals surface area contributed by atoms with E-state index in [2.05, 4.69) is 15.3 Å². The number of aromatic nitrogens is 3. The van der Waals surface area contributed by atoms with Crippen molar-refractivity contribution in [1.29, 1.82) is 0 Å². The second kappa shape index (κ2) is 8.92. The lowest BCUT2D eigenvalue weighted by molar-refractivity contribution is -0.125. The van der Waals surface area contributed by atoms with Crippen molar-refractivity contribution in [3.8, 4) is 11.1 Å². The zero-order chi connectivity index (χ0) is 21.9. The first kappa shape index (κ1) is 20.4. The van der Waals surface area contributed by atoms with Gasteiger partial charge in [0.2, 0.25) is 11.9 Å². The van der Waals surface area contributed by atoms with Gasteiger partial charge in [-0.25, -0.2) is 4.98 Å². The minimum atomic E-state index is -0.150. The highest BCUT2D eigenvalue weighted by atomic mass is 32.1. The first-order chi connectivity index (χ1) is 15.7. The number of H-pyrrole nitrogens is 1. The molecule has 0 radical (unpaired) electrons. The van der Waals surface area contributed by atoms with Crippen LogP contribution < -0.4 is 15.8 Å². The van der Waals surface area contributed by atoms with Crippen molar-refractivity contribution < 1.29 is 4.79 Å². The molecule has 162 valence electrons. The van der Waals surface area contributed by atoms with Crippen molar-refractivity contribution in [2.45, 2.75) is 19.4 Å². The van der Waals surface area contributed by atoms with Gasteiger partial charge in [0, 0.05) is 43.0 Å². The largest absolute Gasteiger partial charge is 0.352 e. The summed E-state index contributed by atoms with van der Waals surface area (Å²) in [5, 5.41) is 5.01. The summed E-state index contributed by atoms with van der Waals surface area (Å²) in [6.45, 7) is 1.77. The maximum atomic E-state index is 12.8. The van der Waals surface area contributed by atoms with Crippen LogP contribution in [0.3, 0.4) is 0 Å². The fourth-order valence-corrected chi connectivity index (χ4v) is 5.01. The van der Waals surface area contributed by atoms with Crippen molar-refractivity contribution in [2.24, 2.45) is 5.92 Å². The summed E-state index contributed by atoms with van der Waals surface area (Å²) in [5.74, 6) is 0.405. The number of thiophene rings is 1. The number of aromatic amines is 1. The van der Waals surface area contributed by atoms with Crippen molar-refractivity contribution in [3.63, 3.8) is 0 Å². The number of piperidine rings is 1. The predicted octanol–water partition coefficient (Wildman–Crippen LogP) is 3.58. The monoisotopic (exact) mass is 445 g/mol. The van der Waals surface area contributed by atoms with E-state index >= 15 is 0 Å². The summed E-state index contributed by atoms with van der Waals surface area (Å²) in [5.41, 5.74) is 3.59. The number of anilines is 1. The van der Waals surface area contributed by atoms with Crippen LogP contribution in [0.25, 0.3) is 21.3 Å². The van der Waals surface area contributed by atoms with Gasteiger partial charge in [0.1, 0.15) is 4.70 Å². The molecular weight excluding hydrogens is 422 g/mol. The number of nitrogens with zero attached hydrogens (tertiary/aromatic N) is 3. The summed E-state index contributed by atoms with van der Waals surface area (Å²) in [7, 11) is 0. The fraction of sp³-hybridized carbons (Fsp3) is 0.250. The number of nitrogens with one attached hydrogen (secondary N) is 2. The van der Waals surface area contributed by atoms with Crippen LogP contribution in [0.1, 0.15) is 18.4 Å². The number of hydrogen-bond donors (Lipinski definition) is 2. The number of amides is 1. The number of fused-ring (bicyclic) bond motifs is 1. The van der Waals surface area contributed by atoms with E-state index in [0.717, 1.165) is 36.1 Å². The Morgan fingerprint density at radius 2 is 2.00 bits per heavy atom. The number of hydrogen-bond acceptors (Lipinski definition) is 6. The SMILES string of the molecule is O=C(NCc1ccncc1)C1CCCN(c2nc3c(-c4ccccc4)csc3c(=O)[nH]2)C1. The standard InChI is InChI=1S/C24H23N5O2S/c30-22(26-13-16-8-10-25-11-9-16)18-7-4-12-29(14-18)24-27-20-19(17-5-2-1-3-6-17)15-32-21(20)23(31)28-24/h1-3,5-6,8-11,15,18H,4,7,12-14H2,(H,26,30)(H,27,28,31). The average molecular weight is 446 g/mol. The van der Waals surface area contributed by atoms with Crippen molar-refractivity contribution in [2.75, 3.05) is 18.0 Å². The molecule has 7 nitrogen and oxygen atoms in total. The lowest BCUT2D eigenvalue weighted by atomic mass is 9.97. The number of benzene rings is 1. The molecule has 0 bridgehead atoms. The summed E-state index contributed by atoms with van der Waals surface area (Å²) in [4.78, 5) is 39.3. The number of pyridine rings is 1. The predicted molar refractivity (Wildman–Crippen MR) is 127 cm³/mol. The highest BCUT2D eigenvalue weighted by Gasteiger charge is 2.27. The molecule has 1 amide bonds. The topological polar surface area (TPSA) is 91.0 Å². The molecule has 0 saturated carbocycles. The quantitative estimate of drug-likeness (QED) is 0.490. The molecule has 0 spiro atoms. The maximum absolute atomic E-state index is 12.8. The molecule has 1 aliphatic rings. The van der Waals surface area contributed by atoms with Crippen LogP contribution in [0.4, 0.5) is 5.95 Å². The molecule has 0 aliphatic carbocycles. The second-order valence-corrected chi connectivity index (χ2v) is 8.82. The van der Waals surface area contributed by atoms with E-state index in [9.17, 15) is 9.59 Å². The molecule has 8 heteroatoms. The molecule has 1 aromatic carbocycles. The van der Waals surface area contributed by atoms with Gasteiger partial charge in [0.05, 0.1) is 11.4 Å². The molecule has 1 atom stereocenters. The van der Waals surface area contributed by atoms with Crippen LogP contribution in [0.15, 0.2) is 65.0 Å².